The van der Waals surface area contributed by atoms with E-state index in [0.29, 0.717) is 5.75 Å². The lowest BCUT2D eigenvalue weighted by atomic mass is 10.0. The van der Waals surface area contributed by atoms with Crippen LogP contribution in [-0.4, -0.2) is 25.0 Å². The minimum atomic E-state index is -0.340. The number of fused-ring (bicyclic) bond motifs is 1. The van der Waals surface area contributed by atoms with Crippen LogP contribution in [0.15, 0.2) is 72.8 Å². The zero-order valence-corrected chi connectivity index (χ0v) is 15.1. The average molecular weight is 362 g/mol. The highest BCUT2D eigenvalue weighted by molar-refractivity contribution is 5.86. The Hall–Kier alpha value is -3.34. The molecule has 0 spiro atoms. The highest BCUT2D eigenvalue weighted by Crippen LogP contribution is 2.20. The number of ether oxygens (including phenoxy) is 1. The lowest BCUT2D eigenvalue weighted by Gasteiger charge is -2.15. The minimum absolute atomic E-state index is 0.0884. The van der Waals surface area contributed by atoms with Gasteiger partial charge in [-0.1, -0.05) is 54.6 Å². The van der Waals surface area contributed by atoms with E-state index in [1.807, 2.05) is 55.5 Å². The molecule has 0 saturated heterocycles. The third-order valence-corrected chi connectivity index (χ3v) is 4.21. The second kappa shape index (κ2) is 8.85. The summed E-state index contributed by atoms with van der Waals surface area (Å²) in [7, 11) is 0. The summed E-state index contributed by atoms with van der Waals surface area (Å²) in [5.74, 6) is 0.0260. The van der Waals surface area contributed by atoms with Crippen molar-refractivity contribution in [1.29, 1.82) is 0 Å². The minimum Gasteiger partial charge on any atom is -0.484 e. The molecule has 0 radical (unpaired) electrons. The molecule has 3 rings (SSSR count). The Morgan fingerprint density at radius 3 is 2.37 bits per heavy atom. The Morgan fingerprint density at radius 1 is 0.889 bits per heavy atom. The van der Waals surface area contributed by atoms with Gasteiger partial charge in [0.25, 0.3) is 5.91 Å². The largest absolute Gasteiger partial charge is 0.484 e. The van der Waals surface area contributed by atoms with Crippen molar-refractivity contribution >= 4 is 22.6 Å². The lowest BCUT2D eigenvalue weighted by Crippen LogP contribution is -2.39. The monoisotopic (exact) mass is 362 g/mol. The van der Waals surface area contributed by atoms with Gasteiger partial charge in [-0.05, 0) is 41.5 Å². The summed E-state index contributed by atoms with van der Waals surface area (Å²) in [6.45, 7) is 1.70. The summed E-state index contributed by atoms with van der Waals surface area (Å²) in [5.41, 5.74) is 1.01. The molecule has 3 aromatic rings. The van der Waals surface area contributed by atoms with Crippen LogP contribution < -0.4 is 15.4 Å². The highest BCUT2D eigenvalue weighted by atomic mass is 16.5. The summed E-state index contributed by atoms with van der Waals surface area (Å²) < 4.78 is 5.35. The molecule has 5 heteroatoms. The molecule has 1 unspecified atom stereocenters. The molecule has 2 N–H and O–H groups in total. The smallest absolute Gasteiger partial charge is 0.258 e. The number of hydrogen-bond donors (Lipinski definition) is 2. The zero-order valence-electron chi connectivity index (χ0n) is 15.1. The van der Waals surface area contributed by atoms with Crippen LogP contribution in [0.3, 0.4) is 0 Å². The predicted molar refractivity (Wildman–Crippen MR) is 105 cm³/mol. The molecule has 0 heterocycles. The van der Waals surface area contributed by atoms with Gasteiger partial charge in [-0.25, -0.2) is 0 Å². The van der Waals surface area contributed by atoms with Gasteiger partial charge in [0.05, 0.1) is 12.6 Å². The number of carbonyl (C=O) groups excluding carboxylic acids is 2. The predicted octanol–water partition coefficient (Wildman–Crippen LogP) is 3.21. The van der Waals surface area contributed by atoms with Crippen molar-refractivity contribution < 1.29 is 14.3 Å². The van der Waals surface area contributed by atoms with Crippen molar-refractivity contribution in [3.8, 4) is 5.75 Å². The first-order valence-electron chi connectivity index (χ1n) is 8.84. The van der Waals surface area contributed by atoms with Crippen molar-refractivity contribution in [2.75, 3.05) is 13.2 Å². The van der Waals surface area contributed by atoms with Gasteiger partial charge in [-0.3, -0.25) is 9.59 Å². The molecule has 3 aromatic carbocycles. The van der Waals surface area contributed by atoms with Crippen LogP contribution in [0.25, 0.3) is 10.8 Å². The maximum absolute atomic E-state index is 12.1. The van der Waals surface area contributed by atoms with Crippen LogP contribution in [-0.2, 0) is 9.59 Å². The van der Waals surface area contributed by atoms with Gasteiger partial charge in [-0.2, -0.15) is 0 Å². The van der Waals surface area contributed by atoms with Crippen LogP contribution in [0, 0.1) is 0 Å². The molecular formula is C22H22N2O3. The quantitative estimate of drug-likeness (QED) is 0.678. The number of benzene rings is 3. The number of hydrogen-bond acceptors (Lipinski definition) is 3. The third kappa shape index (κ3) is 5.31. The van der Waals surface area contributed by atoms with Crippen molar-refractivity contribution in [1.82, 2.24) is 10.6 Å². The normalized spacial score (nSPS) is 11.6. The number of para-hydroxylation sites is 1. The molecule has 0 aromatic heterocycles. The van der Waals surface area contributed by atoms with Gasteiger partial charge in [0.15, 0.2) is 6.61 Å². The van der Waals surface area contributed by atoms with E-state index >= 15 is 0 Å². The van der Waals surface area contributed by atoms with E-state index in [2.05, 4.69) is 22.8 Å². The maximum Gasteiger partial charge on any atom is 0.258 e. The van der Waals surface area contributed by atoms with Gasteiger partial charge >= 0.3 is 0 Å². The maximum atomic E-state index is 12.1. The fourth-order valence-electron chi connectivity index (χ4n) is 2.75. The standard InChI is InChI=1S/C22H22N2O3/c1-16(18-12-11-17-7-5-6-8-19(17)13-18)24-21(25)14-23-22(26)15-27-20-9-3-2-4-10-20/h2-13,16H,14-15H2,1H3,(H,23,26)(H,24,25). The van der Waals surface area contributed by atoms with Crippen molar-refractivity contribution in [3.05, 3.63) is 78.4 Å². The fraction of sp³-hybridized carbons (Fsp3) is 0.182. The van der Waals surface area contributed by atoms with Gasteiger partial charge in [-0.15, -0.1) is 0 Å². The van der Waals surface area contributed by atoms with Gasteiger partial charge in [0, 0.05) is 0 Å². The van der Waals surface area contributed by atoms with E-state index in [4.69, 9.17) is 4.74 Å². The molecule has 0 bridgehead atoms. The second-order valence-electron chi connectivity index (χ2n) is 6.27. The molecule has 1 atom stereocenters. The first kappa shape index (κ1) is 18.5. The van der Waals surface area contributed by atoms with E-state index < -0.39 is 0 Å². The van der Waals surface area contributed by atoms with E-state index in [9.17, 15) is 9.59 Å². The first-order valence-corrected chi connectivity index (χ1v) is 8.84. The molecule has 5 nitrogen and oxygen atoms in total. The average Bonchev–Trinajstić information content (AvgIpc) is 2.71. The van der Waals surface area contributed by atoms with Crippen LogP contribution in [0.4, 0.5) is 0 Å². The Labute approximate surface area is 158 Å². The lowest BCUT2D eigenvalue weighted by molar-refractivity contribution is -0.127. The number of carbonyl (C=O) groups is 2. The van der Waals surface area contributed by atoms with Crippen LogP contribution in [0.2, 0.25) is 0 Å². The van der Waals surface area contributed by atoms with Crippen molar-refractivity contribution in [2.45, 2.75) is 13.0 Å². The highest BCUT2D eigenvalue weighted by Gasteiger charge is 2.11. The molecule has 2 amide bonds. The number of amides is 2. The summed E-state index contributed by atoms with van der Waals surface area (Å²) in [6.07, 6.45) is 0. The summed E-state index contributed by atoms with van der Waals surface area (Å²) >= 11 is 0. The molecule has 0 saturated carbocycles. The third-order valence-electron chi connectivity index (χ3n) is 4.21. The topological polar surface area (TPSA) is 67.4 Å². The summed E-state index contributed by atoms with van der Waals surface area (Å²) in [5, 5.41) is 7.74. The van der Waals surface area contributed by atoms with Crippen LogP contribution in [0.5, 0.6) is 5.75 Å². The zero-order chi connectivity index (χ0) is 19.1. The van der Waals surface area contributed by atoms with Crippen molar-refractivity contribution in [2.24, 2.45) is 0 Å². The van der Waals surface area contributed by atoms with E-state index in [-0.39, 0.29) is 31.0 Å². The first-order chi connectivity index (χ1) is 13.1. The molecule has 0 aliphatic carbocycles. The van der Waals surface area contributed by atoms with E-state index in [1.165, 1.54) is 0 Å². The molecule has 0 aliphatic rings. The van der Waals surface area contributed by atoms with Gasteiger partial charge in [0.2, 0.25) is 5.91 Å². The summed E-state index contributed by atoms with van der Waals surface area (Å²) in [6, 6.07) is 23.1. The Kier molecular flexibility index (Phi) is 6.05. The van der Waals surface area contributed by atoms with Gasteiger partial charge < -0.3 is 15.4 Å². The Balaban J connectivity index is 1.45. The van der Waals surface area contributed by atoms with Crippen LogP contribution in [0.1, 0.15) is 18.5 Å². The van der Waals surface area contributed by atoms with E-state index in [1.54, 1.807) is 12.1 Å². The van der Waals surface area contributed by atoms with E-state index in [0.717, 1.165) is 16.3 Å². The molecule has 27 heavy (non-hydrogen) atoms. The molecule has 138 valence electrons. The molecule has 0 fully saturated rings. The second-order valence-corrected chi connectivity index (χ2v) is 6.27. The molecule has 0 aliphatic heterocycles. The van der Waals surface area contributed by atoms with Crippen LogP contribution >= 0.6 is 0 Å². The number of rotatable bonds is 7. The summed E-state index contributed by atoms with van der Waals surface area (Å²) in [4.78, 5) is 23.9. The SMILES string of the molecule is CC(NC(=O)CNC(=O)COc1ccccc1)c1ccc2ccccc2c1. The Bertz CT molecular complexity index is 925. The fourth-order valence-corrected chi connectivity index (χ4v) is 2.75. The van der Waals surface area contributed by atoms with Gasteiger partial charge in [0.1, 0.15) is 5.75 Å². The van der Waals surface area contributed by atoms with Crippen molar-refractivity contribution in [3.63, 3.8) is 0 Å². The molecular weight excluding hydrogens is 340 g/mol. The Morgan fingerprint density at radius 2 is 1.59 bits per heavy atom. The number of nitrogens with one attached hydrogen (secondary N) is 2.